The summed E-state index contributed by atoms with van der Waals surface area (Å²) in [6, 6.07) is 0.951. The quantitative estimate of drug-likeness (QED) is 0.548. The highest BCUT2D eigenvalue weighted by atomic mass is 15.0. The molecule has 2 N–H and O–H groups in total. The first-order valence-electron chi connectivity index (χ1n) is 4.55. The molecule has 0 amide bonds. The molecule has 2 heterocycles. The van der Waals surface area contributed by atoms with Crippen molar-refractivity contribution in [2.75, 3.05) is 6.54 Å². The molecule has 1 saturated heterocycles. The van der Waals surface area contributed by atoms with Crippen LogP contribution in [-0.4, -0.2) is 25.0 Å². The topological polar surface area (TPSA) is 36.4 Å². The van der Waals surface area contributed by atoms with Crippen LogP contribution in [0.4, 0.5) is 0 Å². The lowest BCUT2D eigenvalue weighted by Gasteiger charge is -2.21. The van der Waals surface area contributed by atoms with Crippen molar-refractivity contribution < 1.29 is 0 Å². The van der Waals surface area contributed by atoms with E-state index >= 15 is 0 Å². The first-order valence-corrected chi connectivity index (χ1v) is 4.55. The third-order valence-corrected chi connectivity index (χ3v) is 2.72. The van der Waals surface area contributed by atoms with Gasteiger partial charge in [-0.25, -0.2) is 0 Å². The number of rotatable bonds is 0. The minimum absolute atomic E-state index is 0.433. The van der Waals surface area contributed by atoms with Crippen molar-refractivity contribution in [3.05, 3.63) is 12.3 Å². The zero-order valence-electron chi connectivity index (χ0n) is 7.33. The molecule has 2 rings (SSSR count). The molecule has 2 aliphatic rings. The molecular formula is C9H15N3. The molecule has 0 aliphatic carbocycles. The summed E-state index contributed by atoms with van der Waals surface area (Å²) >= 11 is 0. The summed E-state index contributed by atoms with van der Waals surface area (Å²) in [5.41, 5.74) is 0. The molecule has 0 spiro atoms. The van der Waals surface area contributed by atoms with Gasteiger partial charge in [-0.05, 0) is 26.1 Å². The van der Waals surface area contributed by atoms with E-state index in [-0.39, 0.29) is 0 Å². The van der Waals surface area contributed by atoms with Crippen LogP contribution in [-0.2, 0) is 0 Å². The predicted molar refractivity (Wildman–Crippen MR) is 50.1 cm³/mol. The van der Waals surface area contributed by atoms with Crippen LogP contribution in [0.15, 0.2) is 17.3 Å². The van der Waals surface area contributed by atoms with Gasteiger partial charge in [0.1, 0.15) is 0 Å². The van der Waals surface area contributed by atoms with E-state index in [1.165, 1.54) is 6.42 Å². The largest absolute Gasteiger partial charge is 0.353 e. The first kappa shape index (κ1) is 7.80. The van der Waals surface area contributed by atoms with Gasteiger partial charge in [0, 0.05) is 12.0 Å². The summed E-state index contributed by atoms with van der Waals surface area (Å²) < 4.78 is 0. The number of hydrogen-bond donors (Lipinski definition) is 2. The van der Waals surface area contributed by atoms with E-state index in [1.54, 1.807) is 6.34 Å². The van der Waals surface area contributed by atoms with Crippen molar-refractivity contribution >= 4 is 6.34 Å². The molecule has 0 aromatic heterocycles. The van der Waals surface area contributed by atoms with E-state index in [0.717, 1.165) is 6.54 Å². The maximum Gasteiger partial charge on any atom is 0.0866 e. The van der Waals surface area contributed by atoms with Gasteiger partial charge in [0.2, 0.25) is 0 Å². The Labute approximate surface area is 73.0 Å². The molecule has 66 valence electrons. The Bertz CT molecular complexity index is 210. The molecule has 3 atom stereocenters. The molecule has 0 saturated carbocycles. The van der Waals surface area contributed by atoms with E-state index in [0.29, 0.717) is 18.0 Å². The number of nitrogens with one attached hydrogen (secondary N) is 2. The molecule has 0 radical (unpaired) electrons. The fourth-order valence-electron chi connectivity index (χ4n) is 1.97. The SMILES string of the molecule is CC1N=CN/C=C/C2NCCC12. The van der Waals surface area contributed by atoms with Crippen molar-refractivity contribution in [2.24, 2.45) is 10.9 Å². The molecule has 3 unspecified atom stereocenters. The summed E-state index contributed by atoms with van der Waals surface area (Å²) in [4.78, 5) is 4.40. The number of fused-ring (bicyclic) bond motifs is 1. The van der Waals surface area contributed by atoms with Gasteiger partial charge >= 0.3 is 0 Å². The molecular weight excluding hydrogens is 150 g/mol. The highest BCUT2D eigenvalue weighted by Gasteiger charge is 2.29. The Morgan fingerprint density at radius 3 is 3.33 bits per heavy atom. The normalized spacial score (nSPS) is 42.6. The lowest BCUT2D eigenvalue weighted by atomic mass is 9.93. The Morgan fingerprint density at radius 1 is 1.50 bits per heavy atom. The molecule has 12 heavy (non-hydrogen) atoms. The zero-order valence-corrected chi connectivity index (χ0v) is 7.33. The van der Waals surface area contributed by atoms with Crippen LogP contribution in [0, 0.1) is 5.92 Å². The molecule has 0 bridgehead atoms. The molecule has 2 aliphatic heterocycles. The highest BCUT2D eigenvalue weighted by molar-refractivity contribution is 5.56. The summed E-state index contributed by atoms with van der Waals surface area (Å²) in [6.07, 6.45) is 7.19. The predicted octanol–water partition coefficient (Wildman–Crippen LogP) is 0.498. The second kappa shape index (κ2) is 3.27. The van der Waals surface area contributed by atoms with E-state index < -0.39 is 0 Å². The molecule has 0 aromatic carbocycles. The van der Waals surface area contributed by atoms with Crippen molar-refractivity contribution in [3.63, 3.8) is 0 Å². The van der Waals surface area contributed by atoms with E-state index in [2.05, 4.69) is 28.6 Å². The third-order valence-electron chi connectivity index (χ3n) is 2.72. The minimum Gasteiger partial charge on any atom is -0.353 e. The maximum atomic E-state index is 4.40. The smallest absolute Gasteiger partial charge is 0.0866 e. The van der Waals surface area contributed by atoms with Crippen molar-refractivity contribution in [1.82, 2.24) is 10.6 Å². The van der Waals surface area contributed by atoms with Gasteiger partial charge < -0.3 is 10.6 Å². The summed E-state index contributed by atoms with van der Waals surface area (Å²) in [7, 11) is 0. The third kappa shape index (κ3) is 1.37. The van der Waals surface area contributed by atoms with Crippen molar-refractivity contribution in [1.29, 1.82) is 0 Å². The average molecular weight is 165 g/mol. The second-order valence-corrected chi connectivity index (χ2v) is 3.48. The van der Waals surface area contributed by atoms with Gasteiger partial charge in [-0.1, -0.05) is 6.08 Å². The fraction of sp³-hybridized carbons (Fsp3) is 0.667. The van der Waals surface area contributed by atoms with Gasteiger partial charge in [0.05, 0.1) is 12.4 Å². The molecule has 3 nitrogen and oxygen atoms in total. The number of aliphatic imine (C=N–C) groups is 1. The van der Waals surface area contributed by atoms with Crippen LogP contribution >= 0.6 is 0 Å². The zero-order chi connectivity index (χ0) is 8.39. The van der Waals surface area contributed by atoms with Crippen LogP contribution in [0.3, 0.4) is 0 Å². The lowest BCUT2D eigenvalue weighted by Crippen LogP contribution is -2.32. The standard InChI is InChI=1S/C9H15N3/c1-7-8-2-5-11-9(8)3-4-10-6-12-7/h3-4,6-9,11H,2,5H2,1H3,(H,10,12)/b4-3+. The van der Waals surface area contributed by atoms with E-state index in [4.69, 9.17) is 0 Å². The van der Waals surface area contributed by atoms with Crippen LogP contribution < -0.4 is 10.6 Å². The minimum atomic E-state index is 0.433. The van der Waals surface area contributed by atoms with Crippen molar-refractivity contribution in [3.8, 4) is 0 Å². The Morgan fingerprint density at radius 2 is 2.42 bits per heavy atom. The average Bonchev–Trinajstić information content (AvgIpc) is 2.47. The molecule has 3 heteroatoms. The van der Waals surface area contributed by atoms with Crippen LogP contribution in [0.1, 0.15) is 13.3 Å². The lowest BCUT2D eigenvalue weighted by molar-refractivity contribution is 0.433. The summed E-state index contributed by atoms with van der Waals surface area (Å²) in [5, 5.41) is 6.47. The van der Waals surface area contributed by atoms with Crippen LogP contribution in [0.5, 0.6) is 0 Å². The molecule has 1 fully saturated rings. The van der Waals surface area contributed by atoms with Gasteiger partial charge in [-0.2, -0.15) is 0 Å². The fourth-order valence-corrected chi connectivity index (χ4v) is 1.97. The Balaban J connectivity index is 2.15. The number of nitrogens with zero attached hydrogens (tertiary/aromatic N) is 1. The van der Waals surface area contributed by atoms with Gasteiger partial charge in [0.15, 0.2) is 0 Å². The van der Waals surface area contributed by atoms with Crippen LogP contribution in [0.2, 0.25) is 0 Å². The van der Waals surface area contributed by atoms with Crippen LogP contribution in [0.25, 0.3) is 0 Å². The maximum absolute atomic E-state index is 4.40. The monoisotopic (exact) mass is 165 g/mol. The van der Waals surface area contributed by atoms with Gasteiger partial charge in [-0.15, -0.1) is 0 Å². The van der Waals surface area contributed by atoms with E-state index in [9.17, 15) is 0 Å². The van der Waals surface area contributed by atoms with Crippen molar-refractivity contribution in [2.45, 2.75) is 25.4 Å². The second-order valence-electron chi connectivity index (χ2n) is 3.48. The molecule has 0 aromatic rings. The number of hydrogen-bond acceptors (Lipinski definition) is 3. The van der Waals surface area contributed by atoms with E-state index in [1.807, 2.05) is 6.20 Å². The summed E-state index contributed by atoms with van der Waals surface area (Å²) in [6.45, 7) is 3.31. The Hall–Kier alpha value is -0.830. The first-order chi connectivity index (χ1) is 5.88. The van der Waals surface area contributed by atoms with Gasteiger partial charge in [0.25, 0.3) is 0 Å². The highest BCUT2D eigenvalue weighted by Crippen LogP contribution is 2.22. The van der Waals surface area contributed by atoms with Gasteiger partial charge in [-0.3, -0.25) is 4.99 Å². The summed E-state index contributed by atoms with van der Waals surface area (Å²) in [5.74, 6) is 0.680. The Kier molecular flexibility index (Phi) is 2.13.